The Kier molecular flexibility index (Phi) is 8.12. The third kappa shape index (κ3) is 5.99. The van der Waals surface area contributed by atoms with E-state index in [0.29, 0.717) is 4.68 Å². The molecule has 1 aromatic heterocycles. The van der Waals surface area contributed by atoms with Gasteiger partial charge in [-0.2, -0.15) is 13.9 Å². The second-order valence-corrected chi connectivity index (χ2v) is 8.39. The SMILES string of the molecule is COc1ccc([C@@H]2CN(c3ccnn(CC(F)F)c3=O)C(=O)C2NC(=O)c2ccc(OC(F)F)cc2)c(F)c1. The molecule has 0 saturated carbocycles. The van der Waals surface area contributed by atoms with E-state index in [9.17, 15) is 31.9 Å². The van der Waals surface area contributed by atoms with Crippen molar-refractivity contribution in [2.24, 2.45) is 0 Å². The second-order valence-electron chi connectivity index (χ2n) is 8.39. The van der Waals surface area contributed by atoms with E-state index in [2.05, 4.69) is 15.2 Å². The van der Waals surface area contributed by atoms with Crippen LogP contribution in [0.5, 0.6) is 11.5 Å². The Balaban J connectivity index is 1.68. The number of methoxy groups -OCH3 is 1. The van der Waals surface area contributed by atoms with Crippen molar-refractivity contribution in [2.75, 3.05) is 18.6 Å². The molecular weight excluding hydrogens is 531 g/mol. The number of aromatic nitrogens is 2. The lowest BCUT2D eigenvalue weighted by Crippen LogP contribution is -2.44. The Bertz CT molecular complexity index is 1420. The van der Waals surface area contributed by atoms with Crippen molar-refractivity contribution in [3.63, 3.8) is 0 Å². The van der Waals surface area contributed by atoms with Gasteiger partial charge in [-0.25, -0.2) is 17.9 Å². The molecule has 0 radical (unpaired) electrons. The number of anilines is 1. The topological polar surface area (TPSA) is 103 Å². The molecule has 2 heterocycles. The molecule has 14 heteroatoms. The molecule has 2 aromatic carbocycles. The Morgan fingerprint density at radius 3 is 2.38 bits per heavy atom. The largest absolute Gasteiger partial charge is 0.497 e. The van der Waals surface area contributed by atoms with E-state index in [0.717, 1.165) is 35.4 Å². The lowest BCUT2D eigenvalue weighted by molar-refractivity contribution is -0.118. The molecule has 1 fully saturated rings. The molecule has 4 rings (SSSR count). The summed E-state index contributed by atoms with van der Waals surface area (Å²) in [6, 6.07) is 8.34. The molecule has 0 spiro atoms. The molecule has 9 nitrogen and oxygen atoms in total. The maximum absolute atomic E-state index is 15.1. The number of amides is 2. The summed E-state index contributed by atoms with van der Waals surface area (Å²) in [7, 11) is 1.34. The summed E-state index contributed by atoms with van der Waals surface area (Å²) in [5.74, 6) is -3.33. The maximum atomic E-state index is 15.1. The van der Waals surface area contributed by atoms with Gasteiger partial charge in [0.15, 0.2) is 0 Å². The fourth-order valence-electron chi connectivity index (χ4n) is 4.24. The van der Waals surface area contributed by atoms with Crippen molar-refractivity contribution in [3.8, 4) is 11.5 Å². The van der Waals surface area contributed by atoms with Crippen LogP contribution in [0.3, 0.4) is 0 Å². The lowest BCUT2D eigenvalue weighted by atomic mass is 9.93. The van der Waals surface area contributed by atoms with Crippen molar-refractivity contribution >= 4 is 17.5 Å². The molecule has 1 unspecified atom stereocenters. The quantitative estimate of drug-likeness (QED) is 0.409. The number of nitrogens with zero attached hydrogens (tertiary/aromatic N) is 3. The van der Waals surface area contributed by atoms with E-state index >= 15 is 4.39 Å². The van der Waals surface area contributed by atoms with E-state index in [1.165, 1.54) is 31.4 Å². The minimum atomic E-state index is -3.06. The number of benzene rings is 2. The molecule has 206 valence electrons. The van der Waals surface area contributed by atoms with Crippen LogP contribution in [0, 0.1) is 5.82 Å². The average Bonchev–Trinajstić information content (AvgIpc) is 3.20. The van der Waals surface area contributed by atoms with Crippen LogP contribution in [0.1, 0.15) is 21.8 Å². The van der Waals surface area contributed by atoms with E-state index < -0.39 is 54.7 Å². The highest BCUT2D eigenvalue weighted by atomic mass is 19.3. The molecule has 0 bridgehead atoms. The van der Waals surface area contributed by atoms with E-state index in [-0.39, 0.29) is 34.9 Å². The molecule has 1 saturated heterocycles. The Hall–Kier alpha value is -4.49. The summed E-state index contributed by atoms with van der Waals surface area (Å²) in [5, 5.41) is 6.12. The van der Waals surface area contributed by atoms with E-state index in [4.69, 9.17) is 4.74 Å². The number of hydrogen-bond acceptors (Lipinski definition) is 6. The van der Waals surface area contributed by atoms with Crippen LogP contribution in [0.4, 0.5) is 27.6 Å². The summed E-state index contributed by atoms with van der Waals surface area (Å²) >= 11 is 0. The fourth-order valence-corrected chi connectivity index (χ4v) is 4.24. The number of carbonyl (C=O) groups excluding carboxylic acids is 2. The van der Waals surface area contributed by atoms with Crippen molar-refractivity contribution in [3.05, 3.63) is 82.0 Å². The number of rotatable bonds is 9. The van der Waals surface area contributed by atoms with Gasteiger partial charge in [0.1, 0.15) is 35.6 Å². The molecule has 3 aromatic rings. The minimum absolute atomic E-state index is 0.0139. The monoisotopic (exact) mass is 552 g/mol. The maximum Gasteiger partial charge on any atom is 0.387 e. The highest BCUT2D eigenvalue weighted by molar-refractivity contribution is 6.04. The summed E-state index contributed by atoms with van der Waals surface area (Å²) in [4.78, 5) is 40.3. The molecule has 1 N–H and O–H groups in total. The van der Waals surface area contributed by atoms with Gasteiger partial charge in [-0.05, 0) is 42.0 Å². The number of halogens is 5. The smallest absolute Gasteiger partial charge is 0.387 e. The molecule has 2 atom stereocenters. The van der Waals surface area contributed by atoms with Gasteiger partial charge in [0.2, 0.25) is 5.91 Å². The molecule has 2 amide bonds. The predicted molar refractivity (Wildman–Crippen MR) is 127 cm³/mol. The van der Waals surface area contributed by atoms with Crippen LogP contribution >= 0.6 is 0 Å². The number of hydrogen-bond donors (Lipinski definition) is 1. The van der Waals surface area contributed by atoms with Crippen LogP contribution in [-0.4, -0.2) is 54.3 Å². The summed E-state index contributed by atoms with van der Waals surface area (Å²) in [5.41, 5.74) is -1.24. The third-order valence-electron chi connectivity index (χ3n) is 6.04. The normalized spacial score (nSPS) is 17.1. The van der Waals surface area contributed by atoms with Gasteiger partial charge in [-0.3, -0.25) is 14.4 Å². The summed E-state index contributed by atoms with van der Waals surface area (Å²) in [6.45, 7) is -4.34. The molecule has 0 aliphatic carbocycles. The molecule has 1 aliphatic rings. The van der Waals surface area contributed by atoms with Gasteiger partial charge in [0.05, 0.1) is 7.11 Å². The van der Waals surface area contributed by atoms with Crippen LogP contribution in [0.25, 0.3) is 0 Å². The van der Waals surface area contributed by atoms with Crippen LogP contribution in [-0.2, 0) is 11.3 Å². The Morgan fingerprint density at radius 2 is 1.77 bits per heavy atom. The Morgan fingerprint density at radius 1 is 1.08 bits per heavy atom. The van der Waals surface area contributed by atoms with E-state index in [1.807, 2.05) is 0 Å². The van der Waals surface area contributed by atoms with Gasteiger partial charge in [-0.1, -0.05) is 6.07 Å². The van der Waals surface area contributed by atoms with Gasteiger partial charge in [0, 0.05) is 30.3 Å². The standard InChI is InChI=1S/C25H21F5N4O5/c1-38-15-6-7-16(18(26)10-15)17-11-33(19-8-9-31-34(23(19)36)12-20(27)28)24(37)21(17)32-22(35)13-2-4-14(5-3-13)39-25(29)30/h2-10,17,20-21,25H,11-12H2,1H3,(H,32,35)/t17-,21?/m0/s1. The summed E-state index contributed by atoms with van der Waals surface area (Å²) < 4.78 is 75.5. The highest BCUT2D eigenvalue weighted by Gasteiger charge is 2.44. The lowest BCUT2D eigenvalue weighted by Gasteiger charge is -2.19. The zero-order chi connectivity index (χ0) is 28.3. The third-order valence-corrected chi connectivity index (χ3v) is 6.04. The number of nitrogens with one attached hydrogen (secondary N) is 1. The van der Waals surface area contributed by atoms with Gasteiger partial charge >= 0.3 is 6.61 Å². The summed E-state index contributed by atoms with van der Waals surface area (Å²) in [6.07, 6.45) is -1.81. The average molecular weight is 552 g/mol. The van der Waals surface area contributed by atoms with Gasteiger partial charge in [-0.15, -0.1) is 0 Å². The Labute approximate surface area is 217 Å². The minimum Gasteiger partial charge on any atom is -0.497 e. The van der Waals surface area contributed by atoms with Crippen molar-refractivity contribution in [1.82, 2.24) is 15.1 Å². The van der Waals surface area contributed by atoms with Gasteiger partial charge in [0.25, 0.3) is 17.9 Å². The molecule has 39 heavy (non-hydrogen) atoms. The van der Waals surface area contributed by atoms with Gasteiger partial charge < -0.3 is 19.7 Å². The first-order valence-corrected chi connectivity index (χ1v) is 11.4. The van der Waals surface area contributed by atoms with Crippen LogP contribution in [0.2, 0.25) is 0 Å². The number of carbonyl (C=O) groups is 2. The predicted octanol–water partition coefficient (Wildman–Crippen LogP) is 3.19. The second kappa shape index (κ2) is 11.5. The van der Waals surface area contributed by atoms with E-state index in [1.54, 1.807) is 0 Å². The first kappa shape index (κ1) is 27.5. The first-order valence-electron chi connectivity index (χ1n) is 11.4. The zero-order valence-corrected chi connectivity index (χ0v) is 20.2. The highest BCUT2D eigenvalue weighted by Crippen LogP contribution is 2.34. The van der Waals surface area contributed by atoms with Crippen LogP contribution in [0.15, 0.2) is 59.5 Å². The van der Waals surface area contributed by atoms with Crippen LogP contribution < -0.4 is 25.2 Å². The van der Waals surface area contributed by atoms with Crippen molar-refractivity contribution < 1.29 is 41.0 Å². The number of alkyl halides is 4. The zero-order valence-electron chi connectivity index (χ0n) is 20.2. The van der Waals surface area contributed by atoms with Crippen molar-refractivity contribution in [1.29, 1.82) is 0 Å². The van der Waals surface area contributed by atoms with Crippen molar-refractivity contribution in [2.45, 2.75) is 31.5 Å². The molecular formula is C25H21F5N4O5. The fraction of sp³-hybridized carbons (Fsp3) is 0.280. The molecule has 1 aliphatic heterocycles. The number of ether oxygens (including phenoxy) is 2. The first-order chi connectivity index (χ1) is 18.6.